The molecule has 1 heteroatoms. The third-order valence-electron chi connectivity index (χ3n) is 5.01. The van der Waals surface area contributed by atoms with Crippen LogP contribution in [-0.2, 0) is 6.42 Å². The first-order valence-electron chi connectivity index (χ1n) is 8.25. The van der Waals surface area contributed by atoms with Gasteiger partial charge in [0, 0.05) is 10.9 Å². The fourth-order valence-corrected chi connectivity index (χ4v) is 3.97. The average molecular weight is 308 g/mol. The van der Waals surface area contributed by atoms with Crippen molar-refractivity contribution in [2.24, 2.45) is 0 Å². The molecule has 4 aromatic carbocycles. The number of benzene rings is 4. The summed E-state index contributed by atoms with van der Waals surface area (Å²) < 4.78 is 0. The smallest absolute Gasteiger partial charge is 0.131 e. The molecule has 4 aromatic rings. The highest BCUT2D eigenvalue weighted by Gasteiger charge is 2.27. The molecule has 0 aliphatic heterocycles. The highest BCUT2D eigenvalue weighted by atomic mass is 16.3. The molecule has 0 aromatic heterocycles. The van der Waals surface area contributed by atoms with Gasteiger partial charge in [-0.3, -0.25) is 0 Å². The third kappa shape index (κ3) is 1.75. The van der Waals surface area contributed by atoms with E-state index in [1.165, 1.54) is 22.3 Å². The van der Waals surface area contributed by atoms with E-state index in [0.717, 1.165) is 28.3 Å². The van der Waals surface area contributed by atoms with Gasteiger partial charge in [0.2, 0.25) is 0 Å². The van der Waals surface area contributed by atoms with Crippen molar-refractivity contribution in [3.63, 3.8) is 0 Å². The monoisotopic (exact) mass is 308 g/mol. The van der Waals surface area contributed by atoms with Crippen molar-refractivity contribution in [2.45, 2.75) is 6.42 Å². The number of phenols is 1. The second-order valence-corrected chi connectivity index (χ2v) is 6.32. The van der Waals surface area contributed by atoms with E-state index in [-0.39, 0.29) is 0 Å². The summed E-state index contributed by atoms with van der Waals surface area (Å²) in [5, 5.41) is 13.2. The van der Waals surface area contributed by atoms with Crippen LogP contribution in [0.5, 0.6) is 5.75 Å². The van der Waals surface area contributed by atoms with Gasteiger partial charge in [-0.25, -0.2) is 0 Å². The second kappa shape index (κ2) is 4.97. The van der Waals surface area contributed by atoms with Gasteiger partial charge in [0.05, 0.1) is 0 Å². The molecule has 1 aliphatic rings. The van der Waals surface area contributed by atoms with E-state index in [1.807, 2.05) is 36.4 Å². The van der Waals surface area contributed by atoms with Gasteiger partial charge in [0.1, 0.15) is 5.75 Å². The predicted octanol–water partition coefficient (Wildman–Crippen LogP) is 5.78. The summed E-state index contributed by atoms with van der Waals surface area (Å²) in [7, 11) is 0. The zero-order valence-corrected chi connectivity index (χ0v) is 13.2. The van der Waals surface area contributed by atoms with Crippen molar-refractivity contribution in [1.29, 1.82) is 0 Å². The third-order valence-corrected chi connectivity index (χ3v) is 5.01. The molecule has 1 N–H and O–H groups in total. The van der Waals surface area contributed by atoms with Gasteiger partial charge in [-0.05, 0) is 39.6 Å². The Morgan fingerprint density at radius 1 is 0.625 bits per heavy atom. The highest BCUT2D eigenvalue weighted by molar-refractivity contribution is 6.07. The molecule has 0 atom stereocenters. The van der Waals surface area contributed by atoms with Crippen molar-refractivity contribution in [1.82, 2.24) is 0 Å². The second-order valence-electron chi connectivity index (χ2n) is 6.32. The predicted molar refractivity (Wildman–Crippen MR) is 99.3 cm³/mol. The Morgan fingerprint density at radius 2 is 1.29 bits per heavy atom. The molecular formula is C23H16O. The van der Waals surface area contributed by atoms with Crippen molar-refractivity contribution < 1.29 is 5.11 Å². The molecule has 0 fully saturated rings. The Balaban J connectivity index is 1.98. The Morgan fingerprint density at radius 3 is 2.12 bits per heavy atom. The maximum atomic E-state index is 11.1. The average Bonchev–Trinajstić information content (AvgIpc) is 3.03. The summed E-state index contributed by atoms with van der Waals surface area (Å²) in [5.74, 6) is 0.382. The minimum Gasteiger partial charge on any atom is -0.507 e. The zero-order valence-electron chi connectivity index (χ0n) is 13.2. The summed E-state index contributed by atoms with van der Waals surface area (Å²) in [5.41, 5.74) is 7.10. The lowest BCUT2D eigenvalue weighted by Gasteiger charge is -2.16. The highest BCUT2D eigenvalue weighted by Crippen LogP contribution is 2.51. The molecule has 0 spiro atoms. The molecule has 1 nitrogen and oxygen atoms in total. The van der Waals surface area contributed by atoms with E-state index < -0.39 is 0 Å². The first-order valence-corrected chi connectivity index (χ1v) is 8.25. The summed E-state index contributed by atoms with van der Waals surface area (Å²) >= 11 is 0. The van der Waals surface area contributed by atoms with Crippen LogP contribution in [-0.4, -0.2) is 5.11 Å². The molecule has 114 valence electrons. The summed E-state index contributed by atoms with van der Waals surface area (Å²) in [6, 6.07) is 26.9. The number of hydrogen-bond donors (Lipinski definition) is 1. The van der Waals surface area contributed by atoms with Crippen molar-refractivity contribution in [2.75, 3.05) is 0 Å². The van der Waals surface area contributed by atoms with E-state index in [0.29, 0.717) is 5.75 Å². The molecule has 0 unspecified atom stereocenters. The lowest BCUT2D eigenvalue weighted by atomic mass is 9.89. The minimum atomic E-state index is 0.382. The van der Waals surface area contributed by atoms with E-state index in [4.69, 9.17) is 0 Å². The number of hydrogen-bond acceptors (Lipinski definition) is 1. The van der Waals surface area contributed by atoms with Crippen LogP contribution in [0, 0.1) is 0 Å². The van der Waals surface area contributed by atoms with Gasteiger partial charge < -0.3 is 5.11 Å². The Bertz CT molecular complexity index is 1080. The van der Waals surface area contributed by atoms with Crippen molar-refractivity contribution >= 4 is 10.8 Å². The fourth-order valence-electron chi connectivity index (χ4n) is 3.97. The van der Waals surface area contributed by atoms with Crippen molar-refractivity contribution in [3.8, 4) is 28.0 Å². The molecular weight excluding hydrogens is 292 g/mol. The molecule has 24 heavy (non-hydrogen) atoms. The zero-order chi connectivity index (χ0) is 16.1. The van der Waals surface area contributed by atoms with Crippen molar-refractivity contribution in [3.05, 3.63) is 90.0 Å². The molecule has 0 saturated heterocycles. The van der Waals surface area contributed by atoms with Crippen LogP contribution in [0.4, 0.5) is 0 Å². The van der Waals surface area contributed by atoms with Gasteiger partial charge >= 0.3 is 0 Å². The fraction of sp³-hybridized carbons (Fsp3) is 0.0435. The maximum Gasteiger partial charge on any atom is 0.131 e. The van der Waals surface area contributed by atoms with Crippen LogP contribution in [0.15, 0.2) is 78.9 Å². The lowest BCUT2D eigenvalue weighted by Crippen LogP contribution is -1.90. The maximum absolute atomic E-state index is 11.1. The van der Waals surface area contributed by atoms with E-state index in [2.05, 4.69) is 42.5 Å². The van der Waals surface area contributed by atoms with Crippen LogP contribution in [0.2, 0.25) is 0 Å². The first-order chi connectivity index (χ1) is 11.8. The van der Waals surface area contributed by atoms with E-state index in [1.54, 1.807) is 0 Å². The van der Waals surface area contributed by atoms with Gasteiger partial charge in [-0.15, -0.1) is 0 Å². The van der Waals surface area contributed by atoms with E-state index >= 15 is 0 Å². The Kier molecular flexibility index (Phi) is 2.77. The number of rotatable bonds is 1. The Labute approximate surface area is 140 Å². The normalized spacial score (nSPS) is 12.2. The Hall–Kier alpha value is -3.06. The largest absolute Gasteiger partial charge is 0.507 e. The SMILES string of the molecule is Oc1c(-c2ccccc2)c2c(c3ccccc13)Cc1ccccc1-2. The molecule has 0 bridgehead atoms. The number of aromatic hydroxyl groups is 1. The first kappa shape index (κ1) is 13.4. The topological polar surface area (TPSA) is 20.2 Å². The molecule has 1 aliphatic carbocycles. The van der Waals surface area contributed by atoms with Gasteiger partial charge in [-0.2, -0.15) is 0 Å². The summed E-state index contributed by atoms with van der Waals surface area (Å²) in [6.45, 7) is 0. The number of phenolic OH excluding ortho intramolecular Hbond substituents is 1. The quantitative estimate of drug-likeness (QED) is 0.416. The van der Waals surface area contributed by atoms with Crippen LogP contribution >= 0.6 is 0 Å². The number of fused-ring (bicyclic) bond motifs is 5. The molecule has 0 radical (unpaired) electrons. The van der Waals surface area contributed by atoms with E-state index in [9.17, 15) is 5.11 Å². The molecule has 0 saturated carbocycles. The van der Waals surface area contributed by atoms with Gasteiger partial charge in [0.15, 0.2) is 0 Å². The van der Waals surface area contributed by atoms with Crippen LogP contribution in [0.25, 0.3) is 33.0 Å². The standard InChI is InChI=1S/C23H16O/c24-23-19-13-7-6-12-18(19)20-14-16-10-4-5-11-17(16)22(20)21(23)15-8-2-1-3-9-15/h1-13,24H,14H2. The molecule has 0 amide bonds. The van der Waals surface area contributed by atoms with Gasteiger partial charge in [0.25, 0.3) is 0 Å². The van der Waals surface area contributed by atoms with Gasteiger partial charge in [-0.1, -0.05) is 78.9 Å². The molecule has 0 heterocycles. The summed E-state index contributed by atoms with van der Waals surface area (Å²) in [6.07, 6.45) is 0.923. The van der Waals surface area contributed by atoms with Crippen LogP contribution in [0.3, 0.4) is 0 Å². The van der Waals surface area contributed by atoms with Crippen LogP contribution < -0.4 is 0 Å². The lowest BCUT2D eigenvalue weighted by molar-refractivity contribution is 0.484. The molecule has 5 rings (SSSR count). The minimum absolute atomic E-state index is 0.382. The summed E-state index contributed by atoms with van der Waals surface area (Å²) in [4.78, 5) is 0. The van der Waals surface area contributed by atoms with Crippen LogP contribution in [0.1, 0.15) is 11.1 Å².